The highest BCUT2D eigenvalue weighted by atomic mass is 16.2. The van der Waals surface area contributed by atoms with E-state index in [4.69, 9.17) is 5.11 Å². The molecule has 0 aliphatic carbocycles. The zero-order valence-electron chi connectivity index (χ0n) is 12.0. The molecule has 0 spiro atoms. The van der Waals surface area contributed by atoms with E-state index in [1.165, 1.54) is 0 Å². The van der Waals surface area contributed by atoms with E-state index in [1.54, 1.807) is 24.3 Å². The second kappa shape index (κ2) is 6.69. The van der Waals surface area contributed by atoms with E-state index in [9.17, 15) is 4.79 Å². The summed E-state index contributed by atoms with van der Waals surface area (Å²) in [6.45, 7) is 3.75. The molecule has 0 saturated carbocycles. The first-order valence-corrected chi connectivity index (χ1v) is 6.55. The Balaban J connectivity index is 2.17. The van der Waals surface area contributed by atoms with Crippen LogP contribution < -0.4 is 5.32 Å². The molecule has 0 radical (unpaired) electrons. The Morgan fingerprint density at radius 2 is 2.05 bits per heavy atom. The Hall–Kier alpha value is -2.64. The lowest BCUT2D eigenvalue weighted by molar-refractivity contribution is 0.102. The van der Waals surface area contributed by atoms with Crippen LogP contribution in [0.4, 0.5) is 5.82 Å². The fourth-order valence-corrected chi connectivity index (χ4v) is 1.78. The summed E-state index contributed by atoms with van der Waals surface area (Å²) >= 11 is 0. The highest BCUT2D eigenvalue weighted by Crippen LogP contribution is 2.12. The van der Waals surface area contributed by atoms with Crippen LogP contribution in [0.3, 0.4) is 0 Å². The van der Waals surface area contributed by atoms with Crippen molar-refractivity contribution in [1.29, 1.82) is 0 Å². The number of pyridine rings is 1. The summed E-state index contributed by atoms with van der Waals surface area (Å²) in [5.41, 5.74) is 3.30. The number of rotatable bonds is 2. The predicted octanol–water partition coefficient (Wildman–Crippen LogP) is 2.29. The normalized spacial score (nSPS) is 9.67. The molecule has 0 bridgehead atoms. The lowest BCUT2D eigenvalue weighted by Gasteiger charge is -2.07. The first-order chi connectivity index (χ1) is 10.1. The van der Waals surface area contributed by atoms with Crippen LogP contribution >= 0.6 is 0 Å². The number of benzene rings is 1. The van der Waals surface area contributed by atoms with Gasteiger partial charge in [0, 0.05) is 5.56 Å². The van der Waals surface area contributed by atoms with Crippen molar-refractivity contribution in [3.8, 4) is 11.8 Å². The number of aliphatic hydroxyl groups excluding tert-OH is 1. The summed E-state index contributed by atoms with van der Waals surface area (Å²) in [7, 11) is 0. The third-order valence-electron chi connectivity index (χ3n) is 3.06. The first-order valence-electron chi connectivity index (χ1n) is 6.55. The van der Waals surface area contributed by atoms with Gasteiger partial charge in [0.25, 0.3) is 5.91 Å². The SMILES string of the molecule is Cc1ccc(C(=O)Nc2cccc(C#CCO)n2)cc1C. The van der Waals surface area contributed by atoms with Gasteiger partial charge in [-0.3, -0.25) is 4.79 Å². The minimum absolute atomic E-state index is 0.210. The highest BCUT2D eigenvalue weighted by molar-refractivity contribution is 6.03. The second-order valence-electron chi connectivity index (χ2n) is 4.62. The number of carbonyl (C=O) groups excluding carboxylic acids is 1. The van der Waals surface area contributed by atoms with Crippen LogP contribution in [0.25, 0.3) is 0 Å². The van der Waals surface area contributed by atoms with Crippen LogP contribution in [0.15, 0.2) is 36.4 Å². The van der Waals surface area contributed by atoms with E-state index in [0.29, 0.717) is 17.1 Å². The Kier molecular flexibility index (Phi) is 4.70. The van der Waals surface area contributed by atoms with E-state index in [0.717, 1.165) is 11.1 Å². The van der Waals surface area contributed by atoms with Gasteiger partial charge in [-0.1, -0.05) is 18.1 Å². The van der Waals surface area contributed by atoms with Gasteiger partial charge in [0.15, 0.2) is 0 Å². The van der Waals surface area contributed by atoms with Crippen molar-refractivity contribution >= 4 is 11.7 Å². The molecule has 4 heteroatoms. The largest absolute Gasteiger partial charge is 0.384 e. The average molecular weight is 280 g/mol. The van der Waals surface area contributed by atoms with Crippen LogP contribution in [0.5, 0.6) is 0 Å². The number of anilines is 1. The molecule has 0 atom stereocenters. The number of aromatic nitrogens is 1. The van der Waals surface area contributed by atoms with Crippen LogP contribution in [0.2, 0.25) is 0 Å². The van der Waals surface area contributed by atoms with E-state index in [-0.39, 0.29) is 12.5 Å². The Bertz CT molecular complexity index is 727. The minimum Gasteiger partial charge on any atom is -0.384 e. The molecule has 0 aliphatic rings. The van der Waals surface area contributed by atoms with Crippen LogP contribution in [0, 0.1) is 25.7 Å². The van der Waals surface area contributed by atoms with Gasteiger partial charge in [-0.05, 0) is 55.2 Å². The molecule has 2 rings (SSSR count). The highest BCUT2D eigenvalue weighted by Gasteiger charge is 2.08. The number of nitrogens with zero attached hydrogens (tertiary/aromatic N) is 1. The maximum absolute atomic E-state index is 12.2. The summed E-state index contributed by atoms with van der Waals surface area (Å²) in [5.74, 6) is 5.45. The molecule has 0 unspecified atom stereocenters. The number of aliphatic hydroxyl groups is 1. The molecule has 1 amide bonds. The van der Waals surface area contributed by atoms with Crippen LogP contribution in [0.1, 0.15) is 27.2 Å². The smallest absolute Gasteiger partial charge is 0.256 e. The molecule has 1 aromatic carbocycles. The van der Waals surface area contributed by atoms with Crippen molar-refractivity contribution in [1.82, 2.24) is 4.98 Å². The fourth-order valence-electron chi connectivity index (χ4n) is 1.78. The van der Waals surface area contributed by atoms with Gasteiger partial charge in [0.1, 0.15) is 18.1 Å². The molecule has 2 aromatic rings. The van der Waals surface area contributed by atoms with Gasteiger partial charge in [0.05, 0.1) is 0 Å². The number of aryl methyl sites for hydroxylation is 2. The van der Waals surface area contributed by atoms with Gasteiger partial charge in [-0.15, -0.1) is 0 Å². The van der Waals surface area contributed by atoms with E-state index < -0.39 is 0 Å². The molecule has 1 heterocycles. The zero-order chi connectivity index (χ0) is 15.2. The fraction of sp³-hybridized carbons (Fsp3) is 0.176. The van der Waals surface area contributed by atoms with Crippen molar-refractivity contribution < 1.29 is 9.90 Å². The van der Waals surface area contributed by atoms with Crippen molar-refractivity contribution in [3.05, 3.63) is 58.8 Å². The lowest BCUT2D eigenvalue weighted by Crippen LogP contribution is -2.13. The lowest BCUT2D eigenvalue weighted by atomic mass is 10.1. The van der Waals surface area contributed by atoms with Crippen molar-refractivity contribution in [2.45, 2.75) is 13.8 Å². The maximum Gasteiger partial charge on any atom is 0.256 e. The number of nitrogens with one attached hydrogen (secondary N) is 1. The number of carbonyl (C=O) groups is 1. The van der Waals surface area contributed by atoms with E-state index in [2.05, 4.69) is 22.1 Å². The van der Waals surface area contributed by atoms with Gasteiger partial charge in [0.2, 0.25) is 0 Å². The molecule has 0 saturated heterocycles. The van der Waals surface area contributed by atoms with E-state index >= 15 is 0 Å². The average Bonchev–Trinajstić information content (AvgIpc) is 2.48. The number of hydrogen-bond acceptors (Lipinski definition) is 3. The summed E-state index contributed by atoms with van der Waals surface area (Å²) in [6, 6.07) is 10.7. The molecule has 4 nitrogen and oxygen atoms in total. The van der Waals surface area contributed by atoms with E-state index in [1.807, 2.05) is 26.0 Å². The molecule has 1 aromatic heterocycles. The number of amides is 1. The van der Waals surface area contributed by atoms with Crippen LogP contribution in [-0.4, -0.2) is 22.6 Å². The first kappa shape index (κ1) is 14.8. The quantitative estimate of drug-likeness (QED) is 0.830. The zero-order valence-corrected chi connectivity index (χ0v) is 12.0. The maximum atomic E-state index is 12.2. The van der Waals surface area contributed by atoms with Crippen molar-refractivity contribution in [3.63, 3.8) is 0 Å². The Labute approximate surface area is 123 Å². The molecule has 0 fully saturated rings. The second-order valence-corrected chi connectivity index (χ2v) is 4.62. The minimum atomic E-state index is -0.221. The third-order valence-corrected chi connectivity index (χ3v) is 3.06. The summed E-state index contributed by atoms with van der Waals surface area (Å²) in [4.78, 5) is 16.4. The molecule has 106 valence electrons. The molecular weight excluding hydrogens is 264 g/mol. The molecular formula is C17H16N2O2. The molecule has 2 N–H and O–H groups in total. The van der Waals surface area contributed by atoms with Gasteiger partial charge >= 0.3 is 0 Å². The molecule has 21 heavy (non-hydrogen) atoms. The Morgan fingerprint density at radius 1 is 1.24 bits per heavy atom. The Morgan fingerprint density at radius 3 is 2.76 bits per heavy atom. The molecule has 0 aliphatic heterocycles. The van der Waals surface area contributed by atoms with Gasteiger partial charge in [-0.2, -0.15) is 0 Å². The monoisotopic (exact) mass is 280 g/mol. The standard InChI is InChI=1S/C17H16N2O2/c1-12-8-9-14(11-13(12)2)17(21)19-16-7-3-5-15(18-16)6-4-10-20/h3,5,7-9,11,20H,10H2,1-2H3,(H,18,19,21). The van der Waals surface area contributed by atoms with Crippen LogP contribution in [-0.2, 0) is 0 Å². The summed E-state index contributed by atoms with van der Waals surface area (Å²) in [6.07, 6.45) is 0. The summed E-state index contributed by atoms with van der Waals surface area (Å²) in [5, 5.41) is 11.4. The van der Waals surface area contributed by atoms with Gasteiger partial charge < -0.3 is 10.4 Å². The summed E-state index contributed by atoms with van der Waals surface area (Å²) < 4.78 is 0. The predicted molar refractivity (Wildman–Crippen MR) is 82.1 cm³/mol. The number of hydrogen-bond donors (Lipinski definition) is 2. The van der Waals surface area contributed by atoms with Crippen molar-refractivity contribution in [2.75, 3.05) is 11.9 Å². The van der Waals surface area contributed by atoms with Gasteiger partial charge in [-0.25, -0.2) is 4.98 Å². The topological polar surface area (TPSA) is 62.2 Å². The third kappa shape index (κ3) is 3.91. The van der Waals surface area contributed by atoms with Crippen molar-refractivity contribution in [2.24, 2.45) is 0 Å².